The number of aromatic hydroxyl groups is 1. The molecule has 0 bridgehead atoms. The van der Waals surface area contributed by atoms with Gasteiger partial charge in [-0.25, -0.2) is 10.4 Å². The van der Waals surface area contributed by atoms with E-state index >= 15 is 0 Å². The van der Waals surface area contributed by atoms with Crippen LogP contribution in [0.2, 0.25) is 0 Å². The monoisotopic (exact) mass is 490 g/mol. The van der Waals surface area contributed by atoms with E-state index in [0.717, 1.165) is 6.07 Å². The number of nitro groups is 1. The first kappa shape index (κ1) is 24.0. The lowest BCUT2D eigenvalue weighted by atomic mass is 10.0. The minimum Gasteiger partial charge on any atom is -0.504 e. The van der Waals surface area contributed by atoms with Crippen molar-refractivity contribution in [2.75, 3.05) is 7.11 Å². The van der Waals surface area contributed by atoms with Crippen LogP contribution < -0.4 is 15.7 Å². The van der Waals surface area contributed by atoms with E-state index in [4.69, 9.17) is 4.74 Å². The summed E-state index contributed by atoms with van der Waals surface area (Å²) in [5.41, 5.74) is 1.23. The highest BCUT2D eigenvalue weighted by molar-refractivity contribution is 6.04. The molecule has 2 heterocycles. The number of methoxy groups -OCH3 is 1. The van der Waals surface area contributed by atoms with Crippen molar-refractivity contribution in [3.05, 3.63) is 98.2 Å². The number of aliphatic hydroxyl groups excluding tert-OH is 1. The summed E-state index contributed by atoms with van der Waals surface area (Å²) in [5.74, 6) is -0.765. The van der Waals surface area contributed by atoms with Crippen LogP contribution >= 0.6 is 0 Å². The molecule has 1 atom stereocenters. The predicted molar refractivity (Wildman–Crippen MR) is 127 cm³/mol. The fourth-order valence-electron chi connectivity index (χ4n) is 3.31. The van der Waals surface area contributed by atoms with Gasteiger partial charge in [-0.3, -0.25) is 24.7 Å². The number of nitrogens with zero attached hydrogens (tertiary/aromatic N) is 4. The van der Waals surface area contributed by atoms with Crippen molar-refractivity contribution in [3.63, 3.8) is 0 Å². The number of carbonyl (C=O) groups excluding carboxylic acids is 1. The molecule has 0 radical (unpaired) electrons. The van der Waals surface area contributed by atoms with Crippen LogP contribution in [0.1, 0.15) is 27.7 Å². The second kappa shape index (κ2) is 9.99. The number of aromatic amines is 1. The Kier molecular flexibility index (Phi) is 6.65. The van der Waals surface area contributed by atoms with Gasteiger partial charge in [0.25, 0.3) is 17.2 Å². The first-order valence-electron chi connectivity index (χ1n) is 10.3. The van der Waals surface area contributed by atoms with Crippen molar-refractivity contribution >= 4 is 28.3 Å². The molecule has 2 aromatic carbocycles. The van der Waals surface area contributed by atoms with E-state index in [1.54, 1.807) is 0 Å². The predicted octanol–water partition coefficient (Wildman–Crippen LogP) is 1.81. The molecule has 0 saturated heterocycles. The number of H-pyrrole nitrogens is 1. The number of pyridine rings is 1. The maximum absolute atomic E-state index is 12.9. The van der Waals surface area contributed by atoms with E-state index in [1.165, 1.54) is 62.0 Å². The van der Waals surface area contributed by atoms with Crippen molar-refractivity contribution in [1.82, 2.24) is 20.4 Å². The molecule has 1 amide bonds. The molecular weight excluding hydrogens is 472 g/mol. The number of rotatable bonds is 7. The molecule has 13 heteroatoms. The number of hydrogen-bond acceptors (Lipinski definition) is 10. The van der Waals surface area contributed by atoms with Crippen LogP contribution in [0.4, 0.5) is 5.69 Å². The number of hydrazone groups is 1. The number of nitrogens with one attached hydrogen (secondary N) is 2. The Labute approximate surface area is 201 Å². The van der Waals surface area contributed by atoms with Crippen molar-refractivity contribution in [1.29, 1.82) is 0 Å². The van der Waals surface area contributed by atoms with Crippen molar-refractivity contribution in [2.24, 2.45) is 5.10 Å². The molecule has 36 heavy (non-hydrogen) atoms. The molecule has 0 aliphatic heterocycles. The Morgan fingerprint density at radius 3 is 2.64 bits per heavy atom. The summed E-state index contributed by atoms with van der Waals surface area (Å²) >= 11 is 0. The van der Waals surface area contributed by atoms with Gasteiger partial charge in [0, 0.05) is 30.1 Å². The number of amides is 1. The molecule has 2 aromatic heterocycles. The topological polar surface area (TPSA) is 193 Å². The fourth-order valence-corrected chi connectivity index (χ4v) is 3.31. The van der Waals surface area contributed by atoms with E-state index in [-0.39, 0.29) is 50.8 Å². The van der Waals surface area contributed by atoms with Crippen LogP contribution in [0.5, 0.6) is 11.5 Å². The normalized spacial score (nSPS) is 12.2. The van der Waals surface area contributed by atoms with Gasteiger partial charge in [-0.05, 0) is 35.9 Å². The van der Waals surface area contributed by atoms with Crippen LogP contribution in [0.25, 0.3) is 11.0 Å². The van der Waals surface area contributed by atoms with Crippen LogP contribution in [0.15, 0.2) is 70.8 Å². The second-order valence-corrected chi connectivity index (χ2v) is 7.38. The molecule has 0 spiro atoms. The summed E-state index contributed by atoms with van der Waals surface area (Å²) in [4.78, 5) is 46.5. The van der Waals surface area contributed by atoms with Crippen LogP contribution in [-0.4, -0.2) is 48.8 Å². The molecule has 4 N–H and O–H groups in total. The quantitative estimate of drug-likeness (QED) is 0.170. The van der Waals surface area contributed by atoms with E-state index in [1.807, 2.05) is 0 Å². The maximum atomic E-state index is 12.9. The highest BCUT2D eigenvalue weighted by Crippen LogP contribution is 2.30. The van der Waals surface area contributed by atoms with Crippen LogP contribution in [-0.2, 0) is 0 Å². The van der Waals surface area contributed by atoms with Gasteiger partial charge in [0.05, 0.1) is 23.1 Å². The zero-order valence-corrected chi connectivity index (χ0v) is 18.6. The van der Waals surface area contributed by atoms with Gasteiger partial charge in [0.1, 0.15) is 11.8 Å². The van der Waals surface area contributed by atoms with Crippen molar-refractivity contribution in [3.8, 4) is 11.5 Å². The largest absolute Gasteiger partial charge is 0.504 e. The Balaban J connectivity index is 1.82. The Morgan fingerprint density at radius 2 is 1.94 bits per heavy atom. The number of non-ortho nitro benzene ring substituents is 1. The van der Waals surface area contributed by atoms with E-state index in [9.17, 15) is 29.9 Å². The zero-order chi connectivity index (χ0) is 25.8. The Hall–Kier alpha value is -5.17. The maximum Gasteiger partial charge on any atom is 0.276 e. The molecule has 0 aliphatic carbocycles. The SMILES string of the molecule is COc1cc([C@@H](O)/C(=N/NC(=O)c2ccncc2)c2nc3ccc([N+](=O)[O-])cc3[nH]c2=O)ccc1O. The molecule has 182 valence electrons. The molecule has 0 aliphatic rings. The highest BCUT2D eigenvalue weighted by atomic mass is 16.6. The highest BCUT2D eigenvalue weighted by Gasteiger charge is 2.24. The molecule has 4 rings (SSSR count). The lowest BCUT2D eigenvalue weighted by Gasteiger charge is -2.15. The number of nitro benzene ring substituents is 1. The van der Waals surface area contributed by atoms with E-state index in [0.29, 0.717) is 0 Å². The number of phenols is 1. The Bertz CT molecular complexity index is 1550. The Morgan fingerprint density at radius 1 is 1.19 bits per heavy atom. The van der Waals surface area contributed by atoms with Gasteiger partial charge >= 0.3 is 0 Å². The van der Waals surface area contributed by atoms with Crippen LogP contribution in [0.3, 0.4) is 0 Å². The van der Waals surface area contributed by atoms with Crippen molar-refractivity contribution < 1.29 is 24.7 Å². The average molecular weight is 490 g/mol. The molecule has 0 fully saturated rings. The summed E-state index contributed by atoms with van der Waals surface area (Å²) in [6.45, 7) is 0. The second-order valence-electron chi connectivity index (χ2n) is 7.38. The van der Waals surface area contributed by atoms with E-state index < -0.39 is 22.5 Å². The van der Waals surface area contributed by atoms with Crippen molar-refractivity contribution in [2.45, 2.75) is 6.10 Å². The molecule has 4 aromatic rings. The molecule has 0 saturated carbocycles. The number of aliphatic hydroxyl groups is 1. The average Bonchev–Trinajstić information content (AvgIpc) is 2.89. The lowest BCUT2D eigenvalue weighted by molar-refractivity contribution is -0.384. The third kappa shape index (κ3) is 4.85. The minimum absolute atomic E-state index is 0.0550. The molecule has 0 unspecified atom stereocenters. The number of ether oxygens (including phenoxy) is 1. The first-order chi connectivity index (χ1) is 17.3. The number of carbonyl (C=O) groups is 1. The van der Waals surface area contributed by atoms with Gasteiger partial charge < -0.3 is 19.9 Å². The summed E-state index contributed by atoms with van der Waals surface area (Å²) in [5, 5.41) is 36.1. The standard InChI is InChI=1S/C23H18N6O7/c1-36-18-10-13(2-5-17(18)30)21(31)19(27-28-22(32)12-6-8-24-9-7-12)20-23(33)26-16-11-14(29(34)35)3-4-15(16)25-20/h2-11,21,30-31H,1H3,(H,26,33)(H,28,32)/b27-19+/t21-/m1/s1. The van der Waals surface area contributed by atoms with Gasteiger partial charge in [-0.2, -0.15) is 5.10 Å². The number of aromatic nitrogens is 3. The summed E-state index contributed by atoms with van der Waals surface area (Å²) in [6.07, 6.45) is 1.22. The van der Waals surface area contributed by atoms with Gasteiger partial charge in [-0.1, -0.05) is 6.07 Å². The summed E-state index contributed by atoms with van der Waals surface area (Å²) in [7, 11) is 1.32. The van der Waals surface area contributed by atoms with Gasteiger partial charge in [-0.15, -0.1) is 0 Å². The van der Waals surface area contributed by atoms with Gasteiger partial charge in [0.2, 0.25) is 0 Å². The molecular formula is C23H18N6O7. The summed E-state index contributed by atoms with van der Waals surface area (Å²) in [6, 6.07) is 10.6. The third-order valence-corrected chi connectivity index (χ3v) is 5.13. The fraction of sp³-hybridized carbons (Fsp3) is 0.0870. The lowest BCUT2D eigenvalue weighted by Crippen LogP contribution is -2.29. The zero-order valence-electron chi connectivity index (χ0n) is 18.6. The van der Waals surface area contributed by atoms with Gasteiger partial charge in [0.15, 0.2) is 17.2 Å². The van der Waals surface area contributed by atoms with Crippen LogP contribution in [0, 0.1) is 10.1 Å². The smallest absolute Gasteiger partial charge is 0.276 e. The number of phenolic OH excluding ortho intramolecular Hbond substituents is 1. The number of hydrogen-bond donors (Lipinski definition) is 4. The summed E-state index contributed by atoms with van der Waals surface area (Å²) < 4.78 is 5.07. The molecule has 13 nitrogen and oxygen atoms in total. The first-order valence-corrected chi connectivity index (χ1v) is 10.3. The minimum atomic E-state index is -1.60. The number of fused-ring (bicyclic) bond motifs is 1. The third-order valence-electron chi connectivity index (χ3n) is 5.13. The number of benzene rings is 2. The van der Waals surface area contributed by atoms with E-state index in [2.05, 4.69) is 25.5 Å².